The van der Waals surface area contributed by atoms with Crippen LogP contribution in [-0.4, -0.2) is 60.8 Å². The number of benzene rings is 1. The van der Waals surface area contributed by atoms with Crippen LogP contribution in [0.3, 0.4) is 0 Å². The molecular formula is C27H40N2O7. The number of phenolic OH excluding ortho intramolecular Hbond substituents is 1. The third-order valence-corrected chi connectivity index (χ3v) is 6.43. The molecule has 2 rings (SSSR count). The summed E-state index contributed by atoms with van der Waals surface area (Å²) in [7, 11) is 3.08. The van der Waals surface area contributed by atoms with E-state index in [1.807, 2.05) is 26.0 Å². The first-order valence-corrected chi connectivity index (χ1v) is 12.2. The number of nitrogens with one attached hydrogen (secondary N) is 1. The van der Waals surface area contributed by atoms with Crippen molar-refractivity contribution in [1.82, 2.24) is 0 Å². The molecule has 9 nitrogen and oxygen atoms in total. The molecule has 0 unspecified atom stereocenters. The number of phenols is 1. The molecule has 0 saturated carbocycles. The average Bonchev–Trinajstić information content (AvgIpc) is 2.79. The highest BCUT2D eigenvalue weighted by atomic mass is 16.6. The van der Waals surface area contributed by atoms with Gasteiger partial charge in [-0.1, -0.05) is 26.0 Å². The number of rotatable bonds is 3. The smallest absolute Gasteiger partial charge is 0.405 e. The molecule has 0 spiro atoms. The lowest BCUT2D eigenvalue weighted by atomic mass is 9.88. The van der Waals surface area contributed by atoms with E-state index in [1.54, 1.807) is 26.2 Å². The van der Waals surface area contributed by atoms with Crippen LogP contribution in [0.15, 0.2) is 42.0 Å². The van der Waals surface area contributed by atoms with Gasteiger partial charge in [-0.3, -0.25) is 4.79 Å². The fourth-order valence-electron chi connectivity index (χ4n) is 4.68. The van der Waals surface area contributed by atoms with E-state index >= 15 is 0 Å². The van der Waals surface area contributed by atoms with Gasteiger partial charge in [0, 0.05) is 31.9 Å². The summed E-state index contributed by atoms with van der Waals surface area (Å²) in [4.78, 5) is 24.0. The number of fused-ring (bicyclic) bond motifs is 2. The number of nitrogens with two attached hydrogens (primary N) is 1. The number of hydrogen-bond donors (Lipinski definition) is 4. The van der Waals surface area contributed by atoms with Crippen molar-refractivity contribution < 1.29 is 34.0 Å². The number of allylic oxidation sites excluding steroid dienone is 1. The first-order valence-electron chi connectivity index (χ1n) is 12.2. The molecule has 36 heavy (non-hydrogen) atoms. The van der Waals surface area contributed by atoms with Crippen molar-refractivity contribution in [3.63, 3.8) is 0 Å². The van der Waals surface area contributed by atoms with E-state index in [4.69, 9.17) is 19.9 Å². The van der Waals surface area contributed by atoms with Gasteiger partial charge in [-0.15, -0.1) is 0 Å². The number of primary amides is 1. The molecule has 6 atom stereocenters. The Kier molecular flexibility index (Phi) is 11.4. The molecule has 0 saturated heterocycles. The topological polar surface area (TPSA) is 140 Å². The Hall–Kier alpha value is -2.88. The maximum absolute atomic E-state index is 12.4. The average molecular weight is 505 g/mol. The summed E-state index contributed by atoms with van der Waals surface area (Å²) in [6.07, 6.45) is 3.63. The quantitative estimate of drug-likeness (QED) is 0.460. The van der Waals surface area contributed by atoms with E-state index in [0.29, 0.717) is 36.9 Å². The van der Waals surface area contributed by atoms with Crippen LogP contribution in [0.5, 0.6) is 5.75 Å². The second-order valence-corrected chi connectivity index (χ2v) is 9.57. The van der Waals surface area contributed by atoms with Gasteiger partial charge < -0.3 is 35.5 Å². The molecule has 0 radical (unpaired) electrons. The van der Waals surface area contributed by atoms with Crippen LogP contribution in [0.25, 0.3) is 0 Å². The summed E-state index contributed by atoms with van der Waals surface area (Å²) in [5.74, 6) is -0.470. The van der Waals surface area contributed by atoms with E-state index in [9.17, 15) is 19.8 Å². The van der Waals surface area contributed by atoms with E-state index < -0.39 is 30.5 Å². The maximum Gasteiger partial charge on any atom is 0.405 e. The Morgan fingerprint density at radius 1 is 1.14 bits per heavy atom. The van der Waals surface area contributed by atoms with E-state index in [2.05, 4.69) is 5.32 Å². The van der Waals surface area contributed by atoms with Gasteiger partial charge in [0.15, 0.2) is 6.10 Å². The lowest BCUT2D eigenvalue weighted by Crippen LogP contribution is -2.37. The van der Waals surface area contributed by atoms with Gasteiger partial charge in [-0.05, 0) is 67.9 Å². The van der Waals surface area contributed by atoms with Gasteiger partial charge in [0.05, 0.1) is 18.3 Å². The zero-order chi connectivity index (χ0) is 26.8. The largest absolute Gasteiger partial charge is 0.508 e. The third-order valence-electron chi connectivity index (χ3n) is 6.43. The molecule has 2 amide bonds. The maximum atomic E-state index is 12.4. The predicted octanol–water partition coefficient (Wildman–Crippen LogP) is 3.69. The second kappa shape index (κ2) is 14.0. The molecule has 0 fully saturated rings. The molecular weight excluding hydrogens is 464 g/mol. The second-order valence-electron chi connectivity index (χ2n) is 9.57. The molecule has 0 aliphatic carbocycles. The molecule has 1 aromatic rings. The van der Waals surface area contributed by atoms with Gasteiger partial charge in [0.25, 0.3) is 0 Å². The number of aliphatic hydroxyl groups excluding tert-OH is 1. The lowest BCUT2D eigenvalue weighted by molar-refractivity contribution is -0.111. The van der Waals surface area contributed by atoms with Crippen molar-refractivity contribution in [2.45, 2.75) is 70.9 Å². The van der Waals surface area contributed by atoms with E-state index in [1.165, 1.54) is 19.3 Å². The zero-order valence-corrected chi connectivity index (χ0v) is 21.8. The Morgan fingerprint density at radius 2 is 1.83 bits per heavy atom. The van der Waals surface area contributed by atoms with Crippen LogP contribution < -0.4 is 11.1 Å². The van der Waals surface area contributed by atoms with Crippen molar-refractivity contribution >= 4 is 17.7 Å². The normalized spacial score (nSPS) is 31.1. The fourth-order valence-corrected chi connectivity index (χ4v) is 4.68. The highest BCUT2D eigenvalue weighted by Gasteiger charge is 2.29. The minimum absolute atomic E-state index is 0.0610. The van der Waals surface area contributed by atoms with Crippen LogP contribution in [0.4, 0.5) is 10.5 Å². The molecule has 1 aromatic carbocycles. The minimum atomic E-state index is -0.926. The summed E-state index contributed by atoms with van der Waals surface area (Å²) in [5, 5.41) is 24.0. The first-order chi connectivity index (χ1) is 17.0. The molecule has 200 valence electrons. The summed E-state index contributed by atoms with van der Waals surface area (Å²) in [6, 6.07) is 4.99. The van der Waals surface area contributed by atoms with Crippen molar-refractivity contribution in [3.8, 4) is 5.75 Å². The number of carbonyl (C=O) groups is 2. The Labute approximate surface area is 213 Å². The highest BCUT2D eigenvalue weighted by Crippen LogP contribution is 2.27. The van der Waals surface area contributed by atoms with Crippen molar-refractivity contribution in [3.05, 3.63) is 47.6 Å². The molecule has 2 bridgehead atoms. The van der Waals surface area contributed by atoms with Crippen LogP contribution in [0.1, 0.15) is 45.6 Å². The molecule has 0 aromatic heterocycles. The van der Waals surface area contributed by atoms with Crippen LogP contribution in [0, 0.1) is 11.8 Å². The summed E-state index contributed by atoms with van der Waals surface area (Å²) in [5.41, 5.74) is 7.38. The van der Waals surface area contributed by atoms with E-state index in [-0.39, 0.29) is 23.5 Å². The SMILES string of the molecule is CO[C@H]1CC/C=C/C(=O)Nc2cc(O)cc(c2)C[C@@H](C)C[C@@H](OC)[C@H](O)[C@@H](C)/C=C(\C)[C@@H]1OC(N)=O. The Bertz CT molecular complexity index is 946. The number of aromatic hydroxyl groups is 1. The van der Waals surface area contributed by atoms with Gasteiger partial charge in [-0.25, -0.2) is 4.79 Å². The van der Waals surface area contributed by atoms with Crippen LogP contribution in [0.2, 0.25) is 0 Å². The molecule has 9 heteroatoms. The number of hydrogen-bond acceptors (Lipinski definition) is 7. The first kappa shape index (κ1) is 29.4. The van der Waals surface area contributed by atoms with Gasteiger partial charge in [-0.2, -0.15) is 0 Å². The monoisotopic (exact) mass is 504 g/mol. The number of amides is 2. The Morgan fingerprint density at radius 3 is 2.47 bits per heavy atom. The third kappa shape index (κ3) is 8.96. The Balaban J connectivity index is 2.41. The number of methoxy groups -OCH3 is 2. The predicted molar refractivity (Wildman–Crippen MR) is 138 cm³/mol. The van der Waals surface area contributed by atoms with Crippen molar-refractivity contribution in [1.29, 1.82) is 0 Å². The molecule has 5 N–H and O–H groups in total. The summed E-state index contributed by atoms with van der Waals surface area (Å²) in [6.45, 7) is 5.72. The summed E-state index contributed by atoms with van der Waals surface area (Å²) < 4.78 is 16.6. The number of ether oxygens (including phenoxy) is 3. The highest BCUT2D eigenvalue weighted by molar-refractivity contribution is 5.99. The number of aliphatic hydroxyl groups is 1. The summed E-state index contributed by atoms with van der Waals surface area (Å²) >= 11 is 0. The lowest BCUT2D eigenvalue weighted by Gasteiger charge is -2.30. The van der Waals surface area contributed by atoms with Crippen LogP contribution >= 0.6 is 0 Å². The number of carbonyl (C=O) groups excluding carboxylic acids is 2. The standard InChI is InChI=1S/C27H40N2O7/c1-16-10-19-13-20(15-21(30)14-19)29-24(31)9-7-6-8-22(34-4)26(36-27(28)33)18(3)12-17(2)25(32)23(11-16)35-5/h7,9,12-17,22-23,25-26,30,32H,6,8,10-11H2,1-5H3,(H2,28,33)(H,29,31)/b9-7+,18-12+/t16-,17+,22+,23-,25-,26+/m1/s1. The van der Waals surface area contributed by atoms with Gasteiger partial charge in [0.2, 0.25) is 5.91 Å². The van der Waals surface area contributed by atoms with E-state index in [0.717, 1.165) is 5.56 Å². The minimum Gasteiger partial charge on any atom is -0.508 e. The fraction of sp³-hybridized carbons (Fsp3) is 0.556. The van der Waals surface area contributed by atoms with Crippen molar-refractivity contribution in [2.24, 2.45) is 17.6 Å². The molecule has 1 heterocycles. The molecule has 1 aliphatic heterocycles. The van der Waals surface area contributed by atoms with Gasteiger partial charge in [0.1, 0.15) is 5.75 Å². The van der Waals surface area contributed by atoms with Crippen molar-refractivity contribution in [2.75, 3.05) is 19.5 Å². The zero-order valence-electron chi connectivity index (χ0n) is 21.8. The molecule has 1 aliphatic rings. The number of anilines is 1. The van der Waals surface area contributed by atoms with Gasteiger partial charge >= 0.3 is 6.09 Å². The van der Waals surface area contributed by atoms with Crippen LogP contribution in [-0.2, 0) is 25.4 Å².